The number of amides is 1. The van der Waals surface area contributed by atoms with E-state index in [9.17, 15) is 18.0 Å². The summed E-state index contributed by atoms with van der Waals surface area (Å²) in [5, 5.41) is 3.22. The molecular weight excluding hydrogens is 466 g/mol. The number of rotatable bonds is 4. The van der Waals surface area contributed by atoms with Gasteiger partial charge in [-0.3, -0.25) is 9.36 Å². The van der Waals surface area contributed by atoms with Crippen molar-refractivity contribution < 1.29 is 22.7 Å². The van der Waals surface area contributed by atoms with Crippen LogP contribution in [0.5, 0.6) is 5.75 Å². The fraction of sp³-hybridized carbons (Fsp3) is 0.0909. The van der Waals surface area contributed by atoms with Gasteiger partial charge < -0.3 is 10.1 Å². The molecule has 3 aromatic carbocycles. The Morgan fingerprint density at radius 2 is 1.75 bits per heavy atom. The van der Waals surface area contributed by atoms with E-state index in [1.165, 1.54) is 55.6 Å². The number of alkyl halides is 3. The molecule has 10 heteroatoms. The third-order valence-electron chi connectivity index (χ3n) is 4.67. The van der Waals surface area contributed by atoms with Gasteiger partial charge in [0.1, 0.15) is 5.75 Å². The summed E-state index contributed by atoms with van der Waals surface area (Å²) in [5.74, 6) is -1.17. The van der Waals surface area contributed by atoms with E-state index in [0.717, 1.165) is 4.57 Å². The first-order valence-corrected chi connectivity index (χ1v) is 9.93. The molecule has 0 atom stereocenters. The second kappa shape index (κ2) is 8.37. The lowest BCUT2D eigenvalue weighted by Crippen LogP contribution is -2.14. The van der Waals surface area contributed by atoms with E-state index < -0.39 is 17.9 Å². The number of imidazole rings is 1. The maximum Gasteiger partial charge on any atom is 0.450 e. The number of carbonyl (C=O) groups is 1. The molecule has 0 fully saturated rings. The van der Waals surface area contributed by atoms with Crippen molar-refractivity contribution in [3.05, 3.63) is 82.1 Å². The summed E-state index contributed by atoms with van der Waals surface area (Å²) in [7, 11) is 1.42. The molecule has 4 aromatic rings. The normalized spacial score (nSPS) is 11.6. The highest BCUT2D eigenvalue weighted by Crippen LogP contribution is 2.35. The standard InChI is InChI=1S/C22H14Cl2F3N3O2/c1-32-15-7-9-19-18(11-15)29-21(22(25,26)27)30(19)14-5-3-13(4-6-14)28-20(31)16-10-12(23)2-8-17(16)24/h2-11H,1H3,(H,28,31). The zero-order valence-electron chi connectivity index (χ0n) is 16.4. The number of nitrogens with zero attached hydrogens (tertiary/aromatic N) is 2. The maximum atomic E-state index is 13.7. The number of anilines is 1. The molecule has 32 heavy (non-hydrogen) atoms. The Labute approximate surface area is 190 Å². The average molecular weight is 480 g/mol. The smallest absolute Gasteiger partial charge is 0.450 e. The van der Waals surface area contributed by atoms with E-state index in [0.29, 0.717) is 16.5 Å². The SMILES string of the molecule is COc1ccc2c(c1)nc(C(F)(F)F)n2-c1ccc(NC(=O)c2cc(Cl)ccc2Cl)cc1. The van der Waals surface area contributed by atoms with Gasteiger partial charge in [0.05, 0.1) is 28.7 Å². The minimum Gasteiger partial charge on any atom is -0.497 e. The molecular formula is C22H14Cl2F3N3O2. The van der Waals surface area contributed by atoms with Gasteiger partial charge in [0.15, 0.2) is 0 Å². The summed E-state index contributed by atoms with van der Waals surface area (Å²) in [6, 6.07) is 14.9. The molecule has 1 aromatic heterocycles. The van der Waals surface area contributed by atoms with Gasteiger partial charge in [0, 0.05) is 22.5 Å². The van der Waals surface area contributed by atoms with Crippen LogP contribution >= 0.6 is 23.2 Å². The minimum atomic E-state index is -4.68. The van der Waals surface area contributed by atoms with Crippen LogP contribution in [0.1, 0.15) is 16.2 Å². The van der Waals surface area contributed by atoms with Gasteiger partial charge in [-0.25, -0.2) is 4.98 Å². The Bertz CT molecular complexity index is 1320. The molecule has 1 heterocycles. The Morgan fingerprint density at radius 3 is 2.41 bits per heavy atom. The molecule has 0 unspecified atom stereocenters. The molecule has 1 amide bonds. The number of carbonyl (C=O) groups excluding carboxylic acids is 1. The Kier molecular flexibility index (Phi) is 5.75. The van der Waals surface area contributed by atoms with Crippen LogP contribution in [-0.4, -0.2) is 22.6 Å². The van der Waals surface area contributed by atoms with Gasteiger partial charge in [-0.05, 0) is 54.6 Å². The highest BCUT2D eigenvalue weighted by molar-refractivity contribution is 6.36. The summed E-state index contributed by atoms with van der Waals surface area (Å²) in [6.45, 7) is 0. The maximum absolute atomic E-state index is 13.7. The topological polar surface area (TPSA) is 56.1 Å². The number of nitrogens with one attached hydrogen (secondary N) is 1. The van der Waals surface area contributed by atoms with E-state index in [4.69, 9.17) is 27.9 Å². The van der Waals surface area contributed by atoms with Crippen LogP contribution in [0.25, 0.3) is 16.7 Å². The molecule has 1 N–H and O–H groups in total. The molecule has 0 radical (unpaired) electrons. The number of methoxy groups -OCH3 is 1. The first-order chi connectivity index (χ1) is 15.2. The number of aromatic nitrogens is 2. The van der Waals surface area contributed by atoms with E-state index in [1.54, 1.807) is 12.1 Å². The lowest BCUT2D eigenvalue weighted by molar-refractivity contribution is -0.145. The molecule has 4 rings (SSSR count). The monoisotopic (exact) mass is 479 g/mol. The van der Waals surface area contributed by atoms with Gasteiger partial charge >= 0.3 is 6.18 Å². The van der Waals surface area contributed by atoms with E-state index in [-0.39, 0.29) is 27.3 Å². The van der Waals surface area contributed by atoms with Crippen LogP contribution in [0.3, 0.4) is 0 Å². The fourth-order valence-corrected chi connectivity index (χ4v) is 3.58. The number of fused-ring (bicyclic) bond motifs is 1. The molecule has 0 aliphatic heterocycles. The molecule has 0 saturated heterocycles. The van der Waals surface area contributed by atoms with E-state index >= 15 is 0 Å². The lowest BCUT2D eigenvalue weighted by Gasteiger charge is -2.13. The van der Waals surface area contributed by atoms with Crippen LogP contribution in [0, 0.1) is 0 Å². The van der Waals surface area contributed by atoms with Gasteiger partial charge in [0.25, 0.3) is 5.91 Å². The number of hydrogen-bond donors (Lipinski definition) is 1. The van der Waals surface area contributed by atoms with Gasteiger partial charge in [-0.2, -0.15) is 13.2 Å². The first kappa shape index (κ1) is 22.0. The number of ether oxygens (including phenoxy) is 1. The van der Waals surface area contributed by atoms with Crippen molar-refractivity contribution in [2.24, 2.45) is 0 Å². The van der Waals surface area contributed by atoms with Gasteiger partial charge in [0.2, 0.25) is 5.82 Å². The highest BCUT2D eigenvalue weighted by Gasteiger charge is 2.38. The third kappa shape index (κ3) is 4.24. The second-order valence-electron chi connectivity index (χ2n) is 6.75. The van der Waals surface area contributed by atoms with Crippen molar-refractivity contribution in [1.82, 2.24) is 9.55 Å². The minimum absolute atomic E-state index is 0.143. The van der Waals surface area contributed by atoms with Crippen molar-refractivity contribution in [1.29, 1.82) is 0 Å². The molecule has 0 spiro atoms. The zero-order chi connectivity index (χ0) is 23.0. The van der Waals surface area contributed by atoms with Crippen LogP contribution < -0.4 is 10.1 Å². The van der Waals surface area contributed by atoms with Crippen LogP contribution in [0.2, 0.25) is 10.0 Å². The fourth-order valence-electron chi connectivity index (χ4n) is 3.20. The number of hydrogen-bond acceptors (Lipinski definition) is 3. The van der Waals surface area contributed by atoms with E-state index in [1.807, 2.05) is 0 Å². The molecule has 164 valence electrons. The first-order valence-electron chi connectivity index (χ1n) is 9.18. The van der Waals surface area contributed by atoms with E-state index in [2.05, 4.69) is 10.3 Å². The summed E-state index contributed by atoms with van der Waals surface area (Å²) in [4.78, 5) is 16.2. The quantitative estimate of drug-likeness (QED) is 0.358. The van der Waals surface area contributed by atoms with Gasteiger partial charge in [-0.15, -0.1) is 0 Å². The largest absolute Gasteiger partial charge is 0.497 e. The molecule has 0 aliphatic rings. The third-order valence-corrected chi connectivity index (χ3v) is 5.24. The predicted molar refractivity (Wildman–Crippen MR) is 117 cm³/mol. The van der Waals surface area contributed by atoms with Crippen molar-refractivity contribution in [2.75, 3.05) is 12.4 Å². The van der Waals surface area contributed by atoms with Crippen LogP contribution in [0.4, 0.5) is 18.9 Å². The van der Waals surface area contributed by atoms with Crippen molar-refractivity contribution in [3.63, 3.8) is 0 Å². The molecule has 5 nitrogen and oxygen atoms in total. The van der Waals surface area contributed by atoms with Crippen molar-refractivity contribution in [2.45, 2.75) is 6.18 Å². The van der Waals surface area contributed by atoms with Crippen LogP contribution in [-0.2, 0) is 6.18 Å². The summed E-state index contributed by atoms with van der Waals surface area (Å²) in [5.41, 5.74) is 1.18. The van der Waals surface area contributed by atoms with Crippen LogP contribution in [0.15, 0.2) is 60.7 Å². The number of benzene rings is 3. The lowest BCUT2D eigenvalue weighted by atomic mass is 10.2. The number of halogens is 5. The zero-order valence-corrected chi connectivity index (χ0v) is 17.9. The Hall–Kier alpha value is -3.23. The molecule has 0 aliphatic carbocycles. The van der Waals surface area contributed by atoms with Crippen molar-refractivity contribution >= 4 is 45.8 Å². The predicted octanol–water partition coefficient (Wildman–Crippen LogP) is 6.61. The summed E-state index contributed by atoms with van der Waals surface area (Å²) < 4.78 is 47.1. The van der Waals surface area contributed by atoms with Gasteiger partial charge in [-0.1, -0.05) is 23.2 Å². The second-order valence-corrected chi connectivity index (χ2v) is 7.59. The Morgan fingerprint density at radius 1 is 1.03 bits per heavy atom. The molecule has 0 bridgehead atoms. The average Bonchev–Trinajstić information content (AvgIpc) is 3.15. The highest BCUT2D eigenvalue weighted by atomic mass is 35.5. The molecule has 0 saturated carbocycles. The summed E-state index contributed by atoms with van der Waals surface area (Å²) >= 11 is 12.0. The summed E-state index contributed by atoms with van der Waals surface area (Å²) in [6.07, 6.45) is -4.68. The van der Waals surface area contributed by atoms with Crippen molar-refractivity contribution in [3.8, 4) is 11.4 Å². The Balaban J connectivity index is 1.70.